The lowest BCUT2D eigenvalue weighted by atomic mass is 10.3. The van der Waals surface area contributed by atoms with Crippen molar-refractivity contribution >= 4 is 11.7 Å². The number of halogens is 1. The summed E-state index contributed by atoms with van der Waals surface area (Å²) in [5.74, 6) is -1.15. The van der Waals surface area contributed by atoms with E-state index in [-0.39, 0.29) is 17.1 Å². The molecule has 0 saturated carbocycles. The number of nitrogen functional groups attached to an aromatic ring is 1. The maximum absolute atomic E-state index is 13.4. The van der Waals surface area contributed by atoms with Crippen LogP contribution in [0.5, 0.6) is 0 Å². The predicted molar refractivity (Wildman–Crippen MR) is 56.5 cm³/mol. The average Bonchev–Trinajstić information content (AvgIpc) is 2.61. The van der Waals surface area contributed by atoms with Crippen molar-refractivity contribution in [3.8, 4) is 5.69 Å². The van der Waals surface area contributed by atoms with Crippen molar-refractivity contribution in [3.63, 3.8) is 0 Å². The molecule has 6 heteroatoms. The zero-order valence-corrected chi connectivity index (χ0v) is 8.22. The highest BCUT2D eigenvalue weighted by atomic mass is 19.1. The summed E-state index contributed by atoms with van der Waals surface area (Å²) < 4.78 is 14.6. The van der Waals surface area contributed by atoms with Crippen LogP contribution >= 0.6 is 0 Å². The Balaban J connectivity index is 2.58. The number of para-hydroxylation sites is 1. The number of rotatable bonds is 2. The van der Waals surface area contributed by atoms with E-state index in [9.17, 15) is 9.18 Å². The van der Waals surface area contributed by atoms with Crippen LogP contribution in [-0.2, 0) is 0 Å². The van der Waals surface area contributed by atoms with Crippen molar-refractivity contribution in [2.24, 2.45) is 5.73 Å². The van der Waals surface area contributed by atoms with Crippen LogP contribution in [0.3, 0.4) is 0 Å². The molecule has 0 radical (unpaired) electrons. The summed E-state index contributed by atoms with van der Waals surface area (Å²) >= 11 is 0. The van der Waals surface area contributed by atoms with Crippen molar-refractivity contribution in [1.82, 2.24) is 9.78 Å². The van der Waals surface area contributed by atoms with Crippen LogP contribution < -0.4 is 11.5 Å². The van der Waals surface area contributed by atoms with Gasteiger partial charge in [0.1, 0.15) is 22.9 Å². The predicted octanol–water partition coefficient (Wildman–Crippen LogP) is 0.693. The molecule has 1 amide bonds. The normalized spacial score (nSPS) is 10.3. The molecule has 1 aromatic carbocycles. The highest BCUT2D eigenvalue weighted by Crippen LogP contribution is 2.18. The van der Waals surface area contributed by atoms with Crippen molar-refractivity contribution in [2.45, 2.75) is 0 Å². The maximum Gasteiger partial charge on any atom is 0.254 e. The lowest BCUT2D eigenvalue weighted by Gasteiger charge is -2.05. The third kappa shape index (κ3) is 1.50. The lowest BCUT2D eigenvalue weighted by molar-refractivity contribution is 0.100. The molecule has 1 heterocycles. The zero-order valence-electron chi connectivity index (χ0n) is 8.22. The van der Waals surface area contributed by atoms with Gasteiger partial charge in [-0.3, -0.25) is 4.79 Å². The monoisotopic (exact) mass is 220 g/mol. The van der Waals surface area contributed by atoms with Gasteiger partial charge < -0.3 is 11.5 Å². The van der Waals surface area contributed by atoms with Crippen molar-refractivity contribution in [1.29, 1.82) is 0 Å². The molecule has 2 aromatic rings. The quantitative estimate of drug-likeness (QED) is 0.780. The van der Waals surface area contributed by atoms with Gasteiger partial charge in [-0.05, 0) is 12.1 Å². The van der Waals surface area contributed by atoms with Gasteiger partial charge in [0.05, 0.1) is 6.20 Å². The summed E-state index contributed by atoms with van der Waals surface area (Å²) in [5, 5.41) is 3.82. The second-order valence-corrected chi connectivity index (χ2v) is 3.17. The molecule has 0 fully saturated rings. The summed E-state index contributed by atoms with van der Waals surface area (Å²) in [6, 6.07) is 5.97. The molecule has 1 aromatic heterocycles. The number of carbonyl (C=O) groups excluding carboxylic acids is 1. The number of nitrogens with zero attached hydrogens (tertiary/aromatic N) is 2. The zero-order chi connectivity index (χ0) is 11.7. The van der Waals surface area contributed by atoms with Crippen LogP contribution in [0.25, 0.3) is 5.69 Å². The summed E-state index contributed by atoms with van der Waals surface area (Å²) in [4.78, 5) is 10.9. The summed E-state index contributed by atoms with van der Waals surface area (Å²) in [6.45, 7) is 0. The molecule has 0 atom stereocenters. The topological polar surface area (TPSA) is 86.9 Å². The molecule has 2 rings (SSSR count). The Morgan fingerprint density at radius 3 is 2.62 bits per heavy atom. The van der Waals surface area contributed by atoms with E-state index < -0.39 is 11.7 Å². The van der Waals surface area contributed by atoms with E-state index in [1.807, 2.05) is 0 Å². The van der Waals surface area contributed by atoms with Crippen molar-refractivity contribution in [2.75, 3.05) is 5.73 Å². The van der Waals surface area contributed by atoms with Crippen LogP contribution in [-0.4, -0.2) is 15.7 Å². The van der Waals surface area contributed by atoms with Crippen LogP contribution in [0.4, 0.5) is 10.2 Å². The van der Waals surface area contributed by atoms with Gasteiger partial charge in [0.2, 0.25) is 0 Å². The fraction of sp³-hybridized carbons (Fsp3) is 0. The fourth-order valence-corrected chi connectivity index (χ4v) is 1.36. The Hall–Kier alpha value is -2.37. The third-order valence-corrected chi connectivity index (χ3v) is 2.15. The van der Waals surface area contributed by atoms with Crippen LogP contribution in [0.1, 0.15) is 10.4 Å². The van der Waals surface area contributed by atoms with Gasteiger partial charge in [0.25, 0.3) is 5.91 Å². The molecule has 0 saturated heterocycles. The number of carbonyl (C=O) groups is 1. The summed E-state index contributed by atoms with van der Waals surface area (Å²) in [7, 11) is 0. The first kappa shape index (κ1) is 10.2. The van der Waals surface area contributed by atoms with E-state index in [0.29, 0.717) is 0 Å². The van der Waals surface area contributed by atoms with Gasteiger partial charge >= 0.3 is 0 Å². The second kappa shape index (κ2) is 3.65. The van der Waals surface area contributed by atoms with Gasteiger partial charge in [0.15, 0.2) is 0 Å². The van der Waals surface area contributed by atoms with E-state index in [0.717, 1.165) is 4.68 Å². The molecule has 16 heavy (non-hydrogen) atoms. The number of primary amides is 1. The molecule has 0 aliphatic heterocycles. The van der Waals surface area contributed by atoms with Gasteiger partial charge in [-0.2, -0.15) is 5.10 Å². The van der Waals surface area contributed by atoms with Gasteiger partial charge in [-0.15, -0.1) is 0 Å². The van der Waals surface area contributed by atoms with Crippen LogP contribution in [0, 0.1) is 5.82 Å². The van der Waals surface area contributed by atoms with E-state index in [1.165, 1.54) is 18.3 Å². The van der Waals surface area contributed by atoms with E-state index >= 15 is 0 Å². The van der Waals surface area contributed by atoms with Gasteiger partial charge in [-0.25, -0.2) is 9.07 Å². The summed E-state index contributed by atoms with van der Waals surface area (Å²) in [5.41, 5.74) is 11.0. The molecule has 5 nitrogen and oxygen atoms in total. The first-order valence-corrected chi connectivity index (χ1v) is 4.49. The molecular formula is C10H9FN4O. The number of amides is 1. The second-order valence-electron chi connectivity index (χ2n) is 3.17. The largest absolute Gasteiger partial charge is 0.383 e. The highest BCUT2D eigenvalue weighted by molar-refractivity contribution is 5.97. The van der Waals surface area contributed by atoms with Crippen molar-refractivity contribution in [3.05, 3.63) is 41.8 Å². The molecule has 82 valence electrons. The Labute approximate surface area is 90.5 Å². The van der Waals surface area contributed by atoms with E-state index in [4.69, 9.17) is 11.5 Å². The number of hydrogen-bond acceptors (Lipinski definition) is 3. The van der Waals surface area contributed by atoms with Gasteiger partial charge in [0, 0.05) is 0 Å². The molecule has 4 N–H and O–H groups in total. The molecular weight excluding hydrogens is 211 g/mol. The fourth-order valence-electron chi connectivity index (χ4n) is 1.36. The number of aromatic nitrogens is 2. The van der Waals surface area contributed by atoms with E-state index in [1.54, 1.807) is 12.1 Å². The van der Waals surface area contributed by atoms with Crippen LogP contribution in [0.2, 0.25) is 0 Å². The molecule has 0 aliphatic rings. The Morgan fingerprint density at radius 1 is 1.38 bits per heavy atom. The van der Waals surface area contributed by atoms with Gasteiger partial charge in [-0.1, -0.05) is 12.1 Å². The molecule has 0 aliphatic carbocycles. The lowest BCUT2D eigenvalue weighted by Crippen LogP contribution is -2.13. The van der Waals surface area contributed by atoms with E-state index in [2.05, 4.69) is 5.10 Å². The standard InChI is InChI=1S/C10H9FN4O/c11-7-3-1-2-4-8(7)15-9(12)6(5-14-15)10(13)16/h1-5H,12H2,(H2,13,16). The number of hydrogen-bond donors (Lipinski definition) is 2. The minimum Gasteiger partial charge on any atom is -0.383 e. The Bertz CT molecular complexity index is 550. The number of nitrogens with two attached hydrogens (primary N) is 2. The third-order valence-electron chi connectivity index (χ3n) is 2.15. The molecule has 0 unspecified atom stereocenters. The SMILES string of the molecule is NC(=O)c1cnn(-c2ccccc2F)c1N. The first-order chi connectivity index (χ1) is 7.61. The molecule has 0 bridgehead atoms. The minimum atomic E-state index is -0.694. The smallest absolute Gasteiger partial charge is 0.254 e. The number of anilines is 1. The Morgan fingerprint density at radius 2 is 2.06 bits per heavy atom. The Kier molecular flexibility index (Phi) is 2.32. The average molecular weight is 220 g/mol. The maximum atomic E-state index is 13.4. The number of benzene rings is 1. The molecule has 0 spiro atoms. The van der Waals surface area contributed by atoms with Crippen LogP contribution in [0.15, 0.2) is 30.5 Å². The highest BCUT2D eigenvalue weighted by Gasteiger charge is 2.14. The van der Waals surface area contributed by atoms with Crippen molar-refractivity contribution < 1.29 is 9.18 Å². The summed E-state index contributed by atoms with van der Waals surface area (Å²) in [6.07, 6.45) is 1.21. The minimum absolute atomic E-state index is 0.0256. The first-order valence-electron chi connectivity index (χ1n) is 4.49.